The third-order valence-corrected chi connectivity index (χ3v) is 12.4. The zero-order valence-electron chi connectivity index (χ0n) is 35.4. The number of likely N-dealkylation sites (tertiary alicyclic amines) is 2. The molecule has 0 saturated carbocycles. The van der Waals surface area contributed by atoms with Gasteiger partial charge in [0.2, 0.25) is 23.7 Å². The van der Waals surface area contributed by atoms with E-state index in [1.54, 1.807) is 11.1 Å². The molecule has 4 aliphatic rings. The summed E-state index contributed by atoms with van der Waals surface area (Å²) in [5.74, 6) is 0.678. The summed E-state index contributed by atoms with van der Waals surface area (Å²) in [5.41, 5.74) is 8.01. The van der Waals surface area contributed by atoms with Gasteiger partial charge in [-0.05, 0) is 124 Å². The summed E-state index contributed by atoms with van der Waals surface area (Å²) in [6.45, 7) is 10.9. The lowest BCUT2D eigenvalue weighted by Gasteiger charge is -2.39. The number of carbonyl (C=O) groups excluding carboxylic acids is 4. The van der Waals surface area contributed by atoms with Crippen molar-refractivity contribution in [3.05, 3.63) is 95.7 Å². The number of aromatic nitrogens is 2. The minimum absolute atomic E-state index is 0.0360. The van der Waals surface area contributed by atoms with Crippen LogP contribution < -0.4 is 26.2 Å². The van der Waals surface area contributed by atoms with Gasteiger partial charge in [-0.25, -0.2) is 14.8 Å². The number of imide groups is 1. The second kappa shape index (κ2) is 18.7. The Morgan fingerprint density at radius 2 is 1.64 bits per heavy atom. The Hall–Kier alpha value is -6.02. The molecule has 8 rings (SSSR count). The van der Waals surface area contributed by atoms with Crippen molar-refractivity contribution in [3.63, 3.8) is 0 Å². The Morgan fingerprint density at radius 1 is 0.869 bits per heavy atom. The van der Waals surface area contributed by atoms with Crippen molar-refractivity contribution in [2.45, 2.75) is 90.0 Å². The molecule has 5 amide bonds. The maximum atomic E-state index is 13.6. The molecule has 1 aromatic heterocycles. The van der Waals surface area contributed by atoms with Crippen molar-refractivity contribution in [3.8, 4) is 11.3 Å². The summed E-state index contributed by atoms with van der Waals surface area (Å²) in [6, 6.07) is 24.1. The van der Waals surface area contributed by atoms with Gasteiger partial charge in [-0.1, -0.05) is 24.3 Å². The molecule has 4 aromatic rings. The van der Waals surface area contributed by atoms with Gasteiger partial charge >= 0.3 is 6.03 Å². The minimum atomic E-state index is -0.411. The number of ether oxygens (including phenoxy) is 1. The number of urea groups is 1. The van der Waals surface area contributed by atoms with Crippen molar-refractivity contribution in [2.24, 2.45) is 5.92 Å². The first-order valence-electron chi connectivity index (χ1n) is 21.8. The Bertz CT molecular complexity index is 2210. The molecule has 4 fully saturated rings. The second-order valence-electron chi connectivity index (χ2n) is 17.1. The molecule has 0 bridgehead atoms. The molecule has 0 radical (unpaired) electrons. The molecule has 1 atom stereocenters. The number of aryl methyl sites for hydroxylation is 1. The quantitative estimate of drug-likeness (QED) is 0.119. The van der Waals surface area contributed by atoms with Crippen LogP contribution in [0, 0.1) is 12.8 Å². The van der Waals surface area contributed by atoms with E-state index in [1.807, 2.05) is 63.2 Å². The van der Waals surface area contributed by atoms with Gasteiger partial charge in [-0.2, -0.15) is 0 Å². The van der Waals surface area contributed by atoms with Crippen molar-refractivity contribution < 1.29 is 23.9 Å². The van der Waals surface area contributed by atoms with Crippen LogP contribution in [0.2, 0.25) is 0 Å². The summed E-state index contributed by atoms with van der Waals surface area (Å²) in [7, 11) is 0. The number of anilines is 4. The molecule has 14 heteroatoms. The monoisotopic (exact) mass is 827 g/mol. The molecule has 0 aliphatic carbocycles. The summed E-state index contributed by atoms with van der Waals surface area (Å²) >= 11 is 0. The smallest absolute Gasteiger partial charge is 0.317 e. The summed E-state index contributed by atoms with van der Waals surface area (Å²) in [5, 5.41) is 12.1. The van der Waals surface area contributed by atoms with Gasteiger partial charge < -0.3 is 35.4 Å². The molecule has 5 heterocycles. The molecular formula is C47H57N9O5. The summed E-state index contributed by atoms with van der Waals surface area (Å²) < 4.78 is 5.76. The van der Waals surface area contributed by atoms with Crippen LogP contribution in [0.1, 0.15) is 75.0 Å². The third-order valence-electron chi connectivity index (χ3n) is 12.4. The highest BCUT2D eigenvalue weighted by Gasteiger charge is 2.33. The van der Waals surface area contributed by atoms with Crippen LogP contribution >= 0.6 is 0 Å². The van der Waals surface area contributed by atoms with Crippen LogP contribution in [0.5, 0.6) is 0 Å². The standard InChI is InChI=1S/C47H57N9O5/c1-30(2)61-40-28-56(29-40)47(60)49-27-36-8-7-35(25-31(36)3)41-15-20-48-46(52-41)51-37-9-11-39(12-10-37)54-21-18-33(19-22-54)45(59)55-23-16-32(17-24-55)34-5-4-6-38(26-34)50-42-13-14-43(57)53-44(42)58/h4-12,15,20,25-26,30,32-33,40,42,50H,13-14,16-19,21-24,27-29H2,1-3H3,(H,49,60)(H,48,51,52)(H,53,57,58). The fourth-order valence-electron chi connectivity index (χ4n) is 8.87. The average molecular weight is 828 g/mol. The highest BCUT2D eigenvalue weighted by molar-refractivity contribution is 6.01. The molecule has 4 N–H and O–H groups in total. The highest BCUT2D eigenvalue weighted by atomic mass is 16.5. The first-order valence-corrected chi connectivity index (χ1v) is 21.8. The van der Waals surface area contributed by atoms with E-state index in [9.17, 15) is 19.2 Å². The van der Waals surface area contributed by atoms with Crippen molar-refractivity contribution in [1.29, 1.82) is 0 Å². The number of amides is 5. The Balaban J connectivity index is 0.774. The van der Waals surface area contributed by atoms with E-state index in [-0.39, 0.29) is 41.9 Å². The lowest BCUT2D eigenvalue weighted by Crippen LogP contribution is -2.58. The van der Waals surface area contributed by atoms with Crippen LogP contribution in [0.15, 0.2) is 79.0 Å². The zero-order chi connectivity index (χ0) is 42.5. The second-order valence-corrected chi connectivity index (χ2v) is 17.1. The molecule has 4 aliphatic heterocycles. The first kappa shape index (κ1) is 41.7. The normalized spacial score (nSPS) is 19.1. The van der Waals surface area contributed by atoms with E-state index < -0.39 is 6.04 Å². The number of hydrogen-bond donors (Lipinski definition) is 4. The fraction of sp³-hybridized carbons (Fsp3) is 0.447. The largest absolute Gasteiger partial charge is 0.374 e. The van der Waals surface area contributed by atoms with Gasteiger partial charge in [0.05, 0.1) is 31.0 Å². The van der Waals surface area contributed by atoms with E-state index in [0.717, 1.165) is 91.3 Å². The molecule has 0 spiro atoms. The van der Waals surface area contributed by atoms with Crippen molar-refractivity contribution >= 4 is 46.8 Å². The maximum absolute atomic E-state index is 13.6. The summed E-state index contributed by atoms with van der Waals surface area (Å²) in [4.78, 5) is 65.5. The number of carbonyl (C=O) groups is 4. The predicted octanol–water partition coefficient (Wildman–Crippen LogP) is 6.35. The molecule has 320 valence electrons. The molecular weight excluding hydrogens is 771 g/mol. The van der Waals surface area contributed by atoms with Crippen LogP contribution in [0.3, 0.4) is 0 Å². The predicted molar refractivity (Wildman–Crippen MR) is 235 cm³/mol. The highest BCUT2D eigenvalue weighted by Crippen LogP contribution is 2.33. The third kappa shape index (κ3) is 10.3. The van der Waals surface area contributed by atoms with E-state index in [1.165, 1.54) is 5.56 Å². The van der Waals surface area contributed by atoms with E-state index >= 15 is 0 Å². The van der Waals surface area contributed by atoms with E-state index in [4.69, 9.17) is 9.72 Å². The molecule has 14 nitrogen and oxygen atoms in total. The van der Waals surface area contributed by atoms with Gasteiger partial charge in [0, 0.05) is 73.9 Å². The number of hydrogen-bond acceptors (Lipinski definition) is 10. The SMILES string of the molecule is Cc1cc(-c2ccnc(Nc3ccc(N4CCC(C(=O)N5CCC(c6cccc(NC7CCC(=O)NC7=O)c6)CC5)CC4)cc3)n2)ccc1CNC(=O)N1CC(OC(C)C)C1. The molecule has 1 unspecified atom stereocenters. The van der Waals surface area contributed by atoms with Crippen LogP contribution in [0.4, 0.5) is 27.8 Å². The van der Waals surface area contributed by atoms with E-state index in [0.29, 0.717) is 44.3 Å². The number of benzene rings is 3. The van der Waals surface area contributed by atoms with Crippen LogP contribution in [-0.2, 0) is 25.7 Å². The molecule has 3 aromatic carbocycles. The number of nitrogens with zero attached hydrogens (tertiary/aromatic N) is 5. The average Bonchev–Trinajstić information content (AvgIpc) is 3.25. The zero-order valence-corrected chi connectivity index (χ0v) is 35.4. The van der Waals surface area contributed by atoms with Crippen LogP contribution in [0.25, 0.3) is 11.3 Å². The Labute approximate surface area is 357 Å². The molecule has 4 saturated heterocycles. The lowest BCUT2D eigenvalue weighted by atomic mass is 9.87. The van der Waals surface area contributed by atoms with E-state index in [2.05, 4.69) is 66.4 Å². The fourth-order valence-corrected chi connectivity index (χ4v) is 8.87. The van der Waals surface area contributed by atoms with Crippen molar-refractivity contribution in [2.75, 3.05) is 54.8 Å². The van der Waals surface area contributed by atoms with Gasteiger partial charge in [0.25, 0.3) is 0 Å². The minimum Gasteiger partial charge on any atom is -0.374 e. The first-order chi connectivity index (χ1) is 29.5. The topological polar surface area (TPSA) is 161 Å². The van der Waals surface area contributed by atoms with Gasteiger partial charge in [0.15, 0.2) is 0 Å². The maximum Gasteiger partial charge on any atom is 0.317 e. The number of rotatable bonds is 12. The Kier molecular flexibility index (Phi) is 12.8. The number of piperidine rings is 3. The molecule has 61 heavy (non-hydrogen) atoms. The van der Waals surface area contributed by atoms with Gasteiger partial charge in [-0.3, -0.25) is 19.7 Å². The van der Waals surface area contributed by atoms with Gasteiger partial charge in [-0.15, -0.1) is 0 Å². The summed E-state index contributed by atoms with van der Waals surface area (Å²) in [6.07, 6.45) is 6.34. The van der Waals surface area contributed by atoms with Crippen molar-refractivity contribution in [1.82, 2.24) is 30.4 Å². The number of nitrogens with one attached hydrogen (secondary N) is 4. The lowest BCUT2D eigenvalue weighted by molar-refractivity contribution is -0.137. The van der Waals surface area contributed by atoms with Gasteiger partial charge in [0.1, 0.15) is 6.04 Å². The Morgan fingerprint density at radius 3 is 2.36 bits per heavy atom. The van der Waals surface area contributed by atoms with Crippen LogP contribution in [-0.4, -0.2) is 101 Å².